The number of nitrogens with two attached hydrogens (primary N) is 1. The van der Waals surface area contributed by atoms with Crippen molar-refractivity contribution in [2.24, 2.45) is 11.1 Å². The van der Waals surface area contributed by atoms with Gasteiger partial charge in [-0.25, -0.2) is 0 Å². The predicted octanol–water partition coefficient (Wildman–Crippen LogP) is 2.63. The molecule has 0 heterocycles. The molecule has 0 saturated heterocycles. The molecule has 0 aliphatic heterocycles. The summed E-state index contributed by atoms with van der Waals surface area (Å²) in [5.74, 6) is 0. The number of rotatable bonds is 5. The lowest BCUT2D eigenvalue weighted by Crippen LogP contribution is -2.58. The van der Waals surface area contributed by atoms with Gasteiger partial charge in [0.15, 0.2) is 0 Å². The smallest absolute Gasteiger partial charge is 0.0379 e. The first-order chi connectivity index (χ1) is 7.00. The average molecular weight is 212 g/mol. The molecule has 0 amide bonds. The summed E-state index contributed by atoms with van der Waals surface area (Å²) < 4.78 is 0. The molecule has 0 bridgehead atoms. The molecular weight excluding hydrogens is 184 g/mol. The topological polar surface area (TPSA) is 29.3 Å². The Morgan fingerprint density at radius 2 is 1.93 bits per heavy atom. The van der Waals surface area contributed by atoms with Gasteiger partial charge in [-0.1, -0.05) is 33.6 Å². The van der Waals surface area contributed by atoms with E-state index in [4.69, 9.17) is 5.73 Å². The molecule has 2 N–H and O–H groups in total. The fourth-order valence-corrected chi connectivity index (χ4v) is 3.24. The zero-order valence-corrected chi connectivity index (χ0v) is 11.0. The summed E-state index contributed by atoms with van der Waals surface area (Å²) in [6.07, 6.45) is 6.48. The SMILES string of the molecule is CCCCN(C)C1(CN)CCCC1(C)C. The Hall–Kier alpha value is -0.0800. The second-order valence-corrected chi connectivity index (χ2v) is 5.75. The lowest BCUT2D eigenvalue weighted by Gasteiger charge is -2.48. The van der Waals surface area contributed by atoms with Crippen LogP contribution < -0.4 is 5.73 Å². The molecule has 0 aromatic rings. The fourth-order valence-electron chi connectivity index (χ4n) is 3.24. The molecule has 0 aromatic carbocycles. The Bertz CT molecular complexity index is 201. The second-order valence-electron chi connectivity index (χ2n) is 5.75. The van der Waals surface area contributed by atoms with Gasteiger partial charge in [-0.3, -0.25) is 4.90 Å². The Kier molecular flexibility index (Phi) is 4.19. The minimum Gasteiger partial charge on any atom is -0.329 e. The van der Waals surface area contributed by atoms with Crippen LogP contribution in [0.3, 0.4) is 0 Å². The second kappa shape index (κ2) is 4.84. The summed E-state index contributed by atoms with van der Waals surface area (Å²) >= 11 is 0. The van der Waals surface area contributed by atoms with Crippen LogP contribution in [0.15, 0.2) is 0 Å². The molecule has 0 aromatic heterocycles. The van der Waals surface area contributed by atoms with E-state index in [1.54, 1.807) is 0 Å². The van der Waals surface area contributed by atoms with E-state index >= 15 is 0 Å². The maximum Gasteiger partial charge on any atom is 0.0379 e. The molecule has 0 radical (unpaired) electrons. The third-order valence-electron chi connectivity index (χ3n) is 4.57. The Morgan fingerprint density at radius 1 is 1.27 bits per heavy atom. The van der Waals surface area contributed by atoms with Crippen LogP contribution in [0.4, 0.5) is 0 Å². The molecule has 15 heavy (non-hydrogen) atoms. The van der Waals surface area contributed by atoms with Gasteiger partial charge in [-0.15, -0.1) is 0 Å². The molecule has 90 valence electrons. The highest BCUT2D eigenvalue weighted by Gasteiger charge is 2.49. The average Bonchev–Trinajstić information content (AvgIpc) is 2.50. The zero-order chi connectivity index (χ0) is 11.5. The van der Waals surface area contributed by atoms with E-state index in [-0.39, 0.29) is 5.54 Å². The van der Waals surface area contributed by atoms with E-state index in [2.05, 4.69) is 32.7 Å². The molecule has 1 saturated carbocycles. The van der Waals surface area contributed by atoms with Crippen molar-refractivity contribution in [3.63, 3.8) is 0 Å². The maximum atomic E-state index is 6.08. The standard InChI is InChI=1S/C13H28N2/c1-5-6-10-15(4)13(11-14)9-7-8-12(13,2)3/h5-11,14H2,1-4H3. The third-order valence-corrected chi connectivity index (χ3v) is 4.57. The largest absolute Gasteiger partial charge is 0.329 e. The number of unbranched alkanes of at least 4 members (excludes halogenated alkanes) is 1. The highest BCUT2D eigenvalue weighted by molar-refractivity contribution is 5.06. The predicted molar refractivity (Wildman–Crippen MR) is 67.0 cm³/mol. The summed E-state index contributed by atoms with van der Waals surface area (Å²) in [5, 5.41) is 0. The van der Waals surface area contributed by atoms with Crippen molar-refractivity contribution in [1.29, 1.82) is 0 Å². The molecule has 1 aliphatic rings. The van der Waals surface area contributed by atoms with Gasteiger partial charge in [0.05, 0.1) is 0 Å². The summed E-state index contributed by atoms with van der Waals surface area (Å²) in [4.78, 5) is 2.53. The molecule has 2 nitrogen and oxygen atoms in total. The maximum absolute atomic E-state index is 6.08. The Labute approximate surface area is 95.2 Å². The van der Waals surface area contributed by atoms with Crippen molar-refractivity contribution in [3.8, 4) is 0 Å². The van der Waals surface area contributed by atoms with Crippen molar-refractivity contribution < 1.29 is 0 Å². The third kappa shape index (κ3) is 2.21. The van der Waals surface area contributed by atoms with Crippen LogP contribution in [0.2, 0.25) is 0 Å². The monoisotopic (exact) mass is 212 g/mol. The highest BCUT2D eigenvalue weighted by Crippen LogP contribution is 2.48. The molecule has 1 aliphatic carbocycles. The van der Waals surface area contributed by atoms with Gasteiger partial charge in [-0.2, -0.15) is 0 Å². The van der Waals surface area contributed by atoms with Crippen LogP contribution in [0.5, 0.6) is 0 Å². The summed E-state index contributed by atoms with van der Waals surface area (Å²) in [6, 6.07) is 0. The van der Waals surface area contributed by atoms with Crippen LogP contribution in [0.1, 0.15) is 52.9 Å². The molecule has 0 spiro atoms. The first kappa shape index (κ1) is 13.0. The van der Waals surface area contributed by atoms with Gasteiger partial charge in [-0.05, 0) is 38.3 Å². The fraction of sp³-hybridized carbons (Fsp3) is 1.00. The Morgan fingerprint density at radius 3 is 2.33 bits per heavy atom. The van der Waals surface area contributed by atoms with Gasteiger partial charge >= 0.3 is 0 Å². The highest BCUT2D eigenvalue weighted by atomic mass is 15.2. The lowest BCUT2D eigenvalue weighted by atomic mass is 9.73. The number of hydrogen-bond acceptors (Lipinski definition) is 2. The van der Waals surface area contributed by atoms with Crippen LogP contribution in [0, 0.1) is 5.41 Å². The van der Waals surface area contributed by atoms with E-state index in [0.717, 1.165) is 6.54 Å². The van der Waals surface area contributed by atoms with Crippen molar-refractivity contribution in [2.45, 2.75) is 58.4 Å². The van der Waals surface area contributed by atoms with Crippen LogP contribution >= 0.6 is 0 Å². The molecule has 1 rings (SSSR count). The summed E-state index contributed by atoms with van der Waals surface area (Å²) in [6.45, 7) is 9.02. The number of nitrogens with zero attached hydrogens (tertiary/aromatic N) is 1. The molecule has 1 fully saturated rings. The molecular formula is C13H28N2. The first-order valence-corrected chi connectivity index (χ1v) is 6.41. The van der Waals surface area contributed by atoms with E-state index in [1.165, 1.54) is 38.6 Å². The van der Waals surface area contributed by atoms with Gasteiger partial charge in [0.1, 0.15) is 0 Å². The van der Waals surface area contributed by atoms with Gasteiger partial charge in [0.2, 0.25) is 0 Å². The molecule has 1 unspecified atom stereocenters. The lowest BCUT2D eigenvalue weighted by molar-refractivity contribution is 0.0327. The van der Waals surface area contributed by atoms with Gasteiger partial charge in [0.25, 0.3) is 0 Å². The first-order valence-electron chi connectivity index (χ1n) is 6.41. The van der Waals surface area contributed by atoms with E-state index < -0.39 is 0 Å². The molecule has 2 heteroatoms. The van der Waals surface area contributed by atoms with Crippen molar-refractivity contribution in [2.75, 3.05) is 20.1 Å². The van der Waals surface area contributed by atoms with E-state index in [0.29, 0.717) is 5.41 Å². The van der Waals surface area contributed by atoms with Crippen molar-refractivity contribution >= 4 is 0 Å². The summed E-state index contributed by atoms with van der Waals surface area (Å²) in [7, 11) is 2.26. The Balaban J connectivity index is 2.75. The minimum absolute atomic E-state index is 0.252. The van der Waals surface area contributed by atoms with Crippen LogP contribution in [0.25, 0.3) is 0 Å². The van der Waals surface area contributed by atoms with E-state index in [9.17, 15) is 0 Å². The normalized spacial score (nSPS) is 30.0. The molecule has 1 atom stereocenters. The van der Waals surface area contributed by atoms with Gasteiger partial charge < -0.3 is 5.73 Å². The number of hydrogen-bond donors (Lipinski definition) is 1. The van der Waals surface area contributed by atoms with E-state index in [1.807, 2.05) is 0 Å². The zero-order valence-electron chi connectivity index (χ0n) is 11.0. The minimum atomic E-state index is 0.252. The van der Waals surface area contributed by atoms with Gasteiger partial charge in [0, 0.05) is 12.1 Å². The van der Waals surface area contributed by atoms with Crippen LogP contribution in [-0.2, 0) is 0 Å². The van der Waals surface area contributed by atoms with Crippen molar-refractivity contribution in [1.82, 2.24) is 4.90 Å². The van der Waals surface area contributed by atoms with Crippen LogP contribution in [-0.4, -0.2) is 30.6 Å². The summed E-state index contributed by atoms with van der Waals surface area (Å²) in [5.41, 5.74) is 6.71. The quantitative estimate of drug-likeness (QED) is 0.759. The number of likely N-dealkylation sites (N-methyl/N-ethyl adjacent to an activating group) is 1. The van der Waals surface area contributed by atoms with Crippen molar-refractivity contribution in [3.05, 3.63) is 0 Å².